The molecule has 0 radical (unpaired) electrons. The fraction of sp³-hybridized carbons (Fsp3) is 0.467. The zero-order chi connectivity index (χ0) is 13.4. The summed E-state index contributed by atoms with van der Waals surface area (Å²) in [7, 11) is 0. The SMILES string of the molecule is CC(C)CN(c1nnc(Cl)c2ccccc12)C1CC1. The molecule has 19 heavy (non-hydrogen) atoms. The van der Waals surface area contributed by atoms with Crippen LogP contribution in [-0.2, 0) is 0 Å². The predicted octanol–water partition coefficient (Wildman–Crippen LogP) is 3.91. The molecule has 3 rings (SSSR count). The number of nitrogens with zero attached hydrogens (tertiary/aromatic N) is 3. The molecular formula is C15H18ClN3. The smallest absolute Gasteiger partial charge is 0.159 e. The van der Waals surface area contributed by atoms with Gasteiger partial charge in [-0.05, 0) is 18.8 Å². The molecule has 1 fully saturated rings. The second-order valence-electron chi connectivity index (χ2n) is 5.64. The number of hydrogen-bond acceptors (Lipinski definition) is 3. The molecule has 0 atom stereocenters. The summed E-state index contributed by atoms with van der Waals surface area (Å²) in [4.78, 5) is 2.40. The molecule has 100 valence electrons. The van der Waals surface area contributed by atoms with Crippen LogP contribution in [0.3, 0.4) is 0 Å². The van der Waals surface area contributed by atoms with E-state index in [1.165, 1.54) is 12.8 Å². The van der Waals surface area contributed by atoms with E-state index in [0.717, 1.165) is 23.1 Å². The third-order valence-corrected chi connectivity index (χ3v) is 3.72. The fourth-order valence-electron chi connectivity index (χ4n) is 2.46. The van der Waals surface area contributed by atoms with Gasteiger partial charge in [0.1, 0.15) is 0 Å². The highest BCUT2D eigenvalue weighted by atomic mass is 35.5. The Morgan fingerprint density at radius 1 is 1.21 bits per heavy atom. The normalized spacial score (nSPS) is 15.2. The molecular weight excluding hydrogens is 258 g/mol. The molecule has 1 heterocycles. The molecule has 0 spiro atoms. The van der Waals surface area contributed by atoms with Crippen molar-refractivity contribution in [2.45, 2.75) is 32.7 Å². The summed E-state index contributed by atoms with van der Waals surface area (Å²) in [5.41, 5.74) is 0. The summed E-state index contributed by atoms with van der Waals surface area (Å²) in [6.45, 7) is 5.49. The monoisotopic (exact) mass is 275 g/mol. The molecule has 2 aromatic rings. The number of benzene rings is 1. The highest BCUT2D eigenvalue weighted by Crippen LogP contribution is 2.35. The van der Waals surface area contributed by atoms with Crippen LogP contribution in [0.15, 0.2) is 24.3 Å². The summed E-state index contributed by atoms with van der Waals surface area (Å²) in [5.74, 6) is 1.59. The second kappa shape index (κ2) is 4.97. The van der Waals surface area contributed by atoms with Gasteiger partial charge in [0.05, 0.1) is 0 Å². The van der Waals surface area contributed by atoms with Gasteiger partial charge in [-0.2, -0.15) is 0 Å². The van der Waals surface area contributed by atoms with Crippen LogP contribution in [0.1, 0.15) is 26.7 Å². The molecule has 0 N–H and O–H groups in total. The minimum Gasteiger partial charge on any atom is -0.351 e. The quantitative estimate of drug-likeness (QED) is 0.847. The van der Waals surface area contributed by atoms with Crippen molar-refractivity contribution in [1.82, 2.24) is 10.2 Å². The second-order valence-corrected chi connectivity index (χ2v) is 6.00. The molecule has 0 saturated heterocycles. The Hall–Kier alpha value is -1.35. The number of halogens is 1. The predicted molar refractivity (Wildman–Crippen MR) is 79.8 cm³/mol. The number of aromatic nitrogens is 2. The van der Waals surface area contributed by atoms with E-state index in [2.05, 4.69) is 35.0 Å². The van der Waals surface area contributed by atoms with Gasteiger partial charge in [0.2, 0.25) is 0 Å². The molecule has 1 aromatic heterocycles. The molecule has 4 heteroatoms. The summed E-state index contributed by atoms with van der Waals surface area (Å²) < 4.78 is 0. The lowest BCUT2D eigenvalue weighted by Crippen LogP contribution is -2.31. The zero-order valence-electron chi connectivity index (χ0n) is 11.3. The van der Waals surface area contributed by atoms with Gasteiger partial charge < -0.3 is 4.90 Å². The molecule has 1 saturated carbocycles. The topological polar surface area (TPSA) is 29.0 Å². The summed E-state index contributed by atoms with van der Waals surface area (Å²) in [6.07, 6.45) is 2.51. The van der Waals surface area contributed by atoms with Crippen molar-refractivity contribution in [3.8, 4) is 0 Å². The maximum atomic E-state index is 6.14. The third kappa shape index (κ3) is 2.52. The van der Waals surface area contributed by atoms with E-state index >= 15 is 0 Å². The average Bonchev–Trinajstić information content (AvgIpc) is 3.21. The van der Waals surface area contributed by atoms with E-state index in [-0.39, 0.29) is 0 Å². The Balaban J connectivity index is 2.10. The van der Waals surface area contributed by atoms with Gasteiger partial charge in [-0.1, -0.05) is 49.7 Å². The third-order valence-electron chi connectivity index (χ3n) is 3.44. The van der Waals surface area contributed by atoms with Crippen molar-refractivity contribution in [1.29, 1.82) is 0 Å². The first kappa shape index (κ1) is 12.7. The maximum Gasteiger partial charge on any atom is 0.159 e. The number of hydrogen-bond donors (Lipinski definition) is 0. The summed E-state index contributed by atoms with van der Waals surface area (Å²) >= 11 is 6.14. The molecule has 1 aromatic carbocycles. The minimum atomic E-state index is 0.486. The van der Waals surface area contributed by atoms with Crippen LogP contribution in [0.25, 0.3) is 10.8 Å². The van der Waals surface area contributed by atoms with Crippen molar-refractivity contribution in [2.24, 2.45) is 5.92 Å². The van der Waals surface area contributed by atoms with Crippen molar-refractivity contribution in [3.05, 3.63) is 29.4 Å². The van der Waals surface area contributed by atoms with Crippen molar-refractivity contribution in [2.75, 3.05) is 11.4 Å². The van der Waals surface area contributed by atoms with Crippen LogP contribution in [-0.4, -0.2) is 22.8 Å². The van der Waals surface area contributed by atoms with E-state index in [4.69, 9.17) is 11.6 Å². The van der Waals surface area contributed by atoms with Crippen molar-refractivity contribution in [3.63, 3.8) is 0 Å². The molecule has 1 aliphatic rings. The lowest BCUT2D eigenvalue weighted by atomic mass is 10.1. The summed E-state index contributed by atoms with van der Waals surface area (Å²) in [5, 5.41) is 11.1. The Morgan fingerprint density at radius 3 is 2.53 bits per heavy atom. The van der Waals surface area contributed by atoms with Crippen LogP contribution < -0.4 is 4.90 Å². The largest absolute Gasteiger partial charge is 0.351 e. The number of fused-ring (bicyclic) bond motifs is 1. The molecule has 1 aliphatic carbocycles. The molecule has 0 amide bonds. The van der Waals surface area contributed by atoms with E-state index in [1.807, 2.05) is 18.2 Å². The Morgan fingerprint density at radius 2 is 1.89 bits per heavy atom. The maximum absolute atomic E-state index is 6.14. The number of anilines is 1. The zero-order valence-corrected chi connectivity index (χ0v) is 12.1. The van der Waals surface area contributed by atoms with Crippen LogP contribution in [0.5, 0.6) is 0 Å². The fourth-order valence-corrected chi connectivity index (χ4v) is 2.66. The van der Waals surface area contributed by atoms with Gasteiger partial charge in [0.15, 0.2) is 11.0 Å². The Bertz CT molecular complexity index is 593. The lowest BCUT2D eigenvalue weighted by molar-refractivity contribution is 0.602. The first-order valence-corrected chi connectivity index (χ1v) is 7.22. The molecule has 0 bridgehead atoms. The van der Waals surface area contributed by atoms with Gasteiger partial charge in [0, 0.05) is 23.4 Å². The van der Waals surface area contributed by atoms with Gasteiger partial charge in [-0.3, -0.25) is 0 Å². The van der Waals surface area contributed by atoms with E-state index < -0.39 is 0 Å². The Labute approximate surface area is 118 Å². The highest BCUT2D eigenvalue weighted by molar-refractivity contribution is 6.34. The first-order valence-electron chi connectivity index (χ1n) is 6.84. The van der Waals surface area contributed by atoms with Crippen LogP contribution in [0.2, 0.25) is 5.15 Å². The standard InChI is InChI=1S/C15H18ClN3/c1-10(2)9-19(11-7-8-11)15-13-6-4-3-5-12(13)14(16)17-18-15/h3-6,10-11H,7-9H2,1-2H3. The Kier molecular flexibility index (Phi) is 3.31. The minimum absolute atomic E-state index is 0.486. The lowest BCUT2D eigenvalue weighted by Gasteiger charge is -2.26. The van der Waals surface area contributed by atoms with Crippen LogP contribution >= 0.6 is 11.6 Å². The van der Waals surface area contributed by atoms with E-state index in [9.17, 15) is 0 Å². The van der Waals surface area contributed by atoms with Gasteiger partial charge in [0.25, 0.3) is 0 Å². The van der Waals surface area contributed by atoms with Crippen LogP contribution in [0, 0.1) is 5.92 Å². The molecule has 0 aliphatic heterocycles. The molecule has 3 nitrogen and oxygen atoms in total. The molecule has 0 unspecified atom stereocenters. The number of rotatable bonds is 4. The van der Waals surface area contributed by atoms with Crippen molar-refractivity contribution < 1.29 is 0 Å². The van der Waals surface area contributed by atoms with Gasteiger partial charge >= 0.3 is 0 Å². The van der Waals surface area contributed by atoms with E-state index in [1.54, 1.807) is 0 Å². The van der Waals surface area contributed by atoms with Gasteiger partial charge in [-0.15, -0.1) is 10.2 Å². The highest BCUT2D eigenvalue weighted by Gasteiger charge is 2.31. The van der Waals surface area contributed by atoms with E-state index in [0.29, 0.717) is 17.1 Å². The average molecular weight is 276 g/mol. The van der Waals surface area contributed by atoms with Crippen molar-refractivity contribution >= 4 is 28.2 Å². The first-order chi connectivity index (χ1) is 9.16. The van der Waals surface area contributed by atoms with Crippen LogP contribution in [0.4, 0.5) is 5.82 Å². The van der Waals surface area contributed by atoms with Gasteiger partial charge in [-0.25, -0.2) is 0 Å². The summed E-state index contributed by atoms with van der Waals surface area (Å²) in [6, 6.07) is 8.74.